The monoisotopic (exact) mass is 367 g/mol. The van der Waals surface area contributed by atoms with E-state index in [1.165, 1.54) is 4.90 Å². The fourth-order valence-corrected chi connectivity index (χ4v) is 2.85. The van der Waals surface area contributed by atoms with Crippen LogP contribution in [0.15, 0.2) is 18.2 Å². The quantitative estimate of drug-likeness (QED) is 0.799. The highest BCUT2D eigenvalue weighted by Crippen LogP contribution is 2.17. The Morgan fingerprint density at radius 1 is 1.23 bits per heavy atom. The van der Waals surface area contributed by atoms with Crippen LogP contribution in [0.5, 0.6) is 0 Å². The van der Waals surface area contributed by atoms with Crippen molar-refractivity contribution in [1.29, 1.82) is 0 Å². The number of nitrogens with zero attached hydrogens (tertiary/aromatic N) is 1. The lowest BCUT2D eigenvalue weighted by Crippen LogP contribution is -2.48. The molecule has 0 saturated carbocycles. The molecule has 1 aromatic carbocycles. The van der Waals surface area contributed by atoms with Gasteiger partial charge in [0.1, 0.15) is 11.6 Å². The summed E-state index contributed by atoms with van der Waals surface area (Å²) in [5.41, 5.74) is -0.324. The molecule has 3 amide bonds. The second kappa shape index (κ2) is 9.26. The van der Waals surface area contributed by atoms with Crippen molar-refractivity contribution in [2.45, 2.75) is 26.2 Å². The summed E-state index contributed by atoms with van der Waals surface area (Å²) in [6.07, 6.45) is 2.26. The number of hydrogen-bond acceptors (Lipinski definition) is 3. The maximum Gasteiger partial charge on any atom is 0.254 e. The molecule has 0 aliphatic carbocycles. The third kappa shape index (κ3) is 5.24. The van der Waals surface area contributed by atoms with E-state index >= 15 is 0 Å². The van der Waals surface area contributed by atoms with Gasteiger partial charge in [0.25, 0.3) is 5.91 Å². The highest BCUT2D eigenvalue weighted by molar-refractivity contribution is 5.96. The molecule has 0 radical (unpaired) electrons. The number of hydrogen-bond donors (Lipinski definition) is 2. The first kappa shape index (κ1) is 19.8. The zero-order valence-corrected chi connectivity index (χ0v) is 14.7. The lowest BCUT2D eigenvalue weighted by molar-refractivity contribution is -0.134. The molecule has 2 N–H and O–H groups in total. The normalized spacial score (nSPS) is 16.9. The van der Waals surface area contributed by atoms with Gasteiger partial charge in [-0.3, -0.25) is 14.4 Å². The Morgan fingerprint density at radius 2 is 2.00 bits per heavy atom. The van der Waals surface area contributed by atoms with Crippen LogP contribution in [-0.4, -0.2) is 48.8 Å². The minimum atomic E-state index is -0.986. The number of halogens is 2. The van der Waals surface area contributed by atoms with Crippen molar-refractivity contribution in [3.8, 4) is 0 Å². The van der Waals surface area contributed by atoms with E-state index in [0.717, 1.165) is 18.6 Å². The number of rotatable bonds is 6. The average Bonchev–Trinajstić information content (AvgIpc) is 2.64. The van der Waals surface area contributed by atoms with E-state index in [-0.39, 0.29) is 29.8 Å². The first-order valence-electron chi connectivity index (χ1n) is 8.71. The second-order valence-corrected chi connectivity index (χ2v) is 6.28. The van der Waals surface area contributed by atoms with Crippen LogP contribution in [0, 0.1) is 17.6 Å². The van der Waals surface area contributed by atoms with Crippen molar-refractivity contribution >= 4 is 17.7 Å². The van der Waals surface area contributed by atoms with Crippen LogP contribution in [0.4, 0.5) is 8.78 Å². The summed E-state index contributed by atoms with van der Waals surface area (Å²) < 4.78 is 26.5. The van der Waals surface area contributed by atoms with Gasteiger partial charge < -0.3 is 15.5 Å². The van der Waals surface area contributed by atoms with Crippen LogP contribution in [0.25, 0.3) is 0 Å². The molecule has 0 spiro atoms. The molecule has 1 aliphatic rings. The maximum atomic E-state index is 13.6. The molecule has 1 saturated heterocycles. The highest BCUT2D eigenvalue weighted by Gasteiger charge is 2.28. The van der Waals surface area contributed by atoms with Gasteiger partial charge >= 0.3 is 0 Å². The number of carbonyl (C=O) groups is 3. The van der Waals surface area contributed by atoms with Crippen LogP contribution in [-0.2, 0) is 9.59 Å². The summed E-state index contributed by atoms with van der Waals surface area (Å²) in [5.74, 6) is -3.22. The number of piperidine rings is 1. The van der Waals surface area contributed by atoms with Crippen LogP contribution in [0.3, 0.4) is 0 Å². The van der Waals surface area contributed by atoms with E-state index in [4.69, 9.17) is 0 Å². The molecule has 1 atom stereocenters. The number of likely N-dealkylation sites (tertiary alicyclic amines) is 1. The molecule has 8 heteroatoms. The van der Waals surface area contributed by atoms with Crippen molar-refractivity contribution in [3.05, 3.63) is 35.4 Å². The zero-order chi connectivity index (χ0) is 19.1. The van der Waals surface area contributed by atoms with Gasteiger partial charge in [0.15, 0.2) is 0 Å². The lowest BCUT2D eigenvalue weighted by atomic mass is 9.97. The Morgan fingerprint density at radius 3 is 2.69 bits per heavy atom. The number of benzene rings is 1. The molecule has 26 heavy (non-hydrogen) atoms. The molecule has 1 heterocycles. The first-order valence-corrected chi connectivity index (χ1v) is 8.71. The summed E-state index contributed by atoms with van der Waals surface area (Å²) in [6, 6.07) is 2.62. The van der Waals surface area contributed by atoms with Crippen LogP contribution < -0.4 is 10.6 Å². The average molecular weight is 367 g/mol. The van der Waals surface area contributed by atoms with Crippen molar-refractivity contribution in [2.75, 3.05) is 26.2 Å². The molecule has 0 aromatic heterocycles. The largest absolute Gasteiger partial charge is 0.356 e. The summed E-state index contributed by atoms with van der Waals surface area (Å²) >= 11 is 0. The molecule has 2 rings (SSSR count). The minimum Gasteiger partial charge on any atom is -0.356 e. The standard InChI is InChI=1S/C18H23F2N3O3/c1-2-7-21-17(25)12-4-3-8-23(11-12)16(24)10-22-18(26)14-6-5-13(19)9-15(14)20/h5-6,9,12H,2-4,7-8,10-11H2,1H3,(H,21,25)(H,22,26). The topological polar surface area (TPSA) is 78.5 Å². The Balaban J connectivity index is 1.86. The van der Waals surface area contributed by atoms with Crippen molar-refractivity contribution in [1.82, 2.24) is 15.5 Å². The van der Waals surface area contributed by atoms with Gasteiger partial charge in [0.2, 0.25) is 11.8 Å². The predicted octanol–water partition coefficient (Wildman–Crippen LogP) is 1.46. The Hall–Kier alpha value is -2.51. The van der Waals surface area contributed by atoms with Crippen LogP contribution in [0.2, 0.25) is 0 Å². The van der Waals surface area contributed by atoms with E-state index in [0.29, 0.717) is 38.5 Å². The highest BCUT2D eigenvalue weighted by atomic mass is 19.1. The predicted molar refractivity (Wildman–Crippen MR) is 91.3 cm³/mol. The Kier molecular flexibility index (Phi) is 7.06. The zero-order valence-electron chi connectivity index (χ0n) is 14.7. The first-order chi connectivity index (χ1) is 12.4. The van der Waals surface area contributed by atoms with Gasteiger partial charge in [-0.1, -0.05) is 6.92 Å². The van der Waals surface area contributed by atoms with E-state index in [1.54, 1.807) is 0 Å². The summed E-state index contributed by atoms with van der Waals surface area (Å²) in [5, 5.41) is 5.17. The van der Waals surface area contributed by atoms with Gasteiger partial charge in [-0.15, -0.1) is 0 Å². The molecular formula is C18H23F2N3O3. The van der Waals surface area contributed by atoms with Crippen molar-refractivity contribution in [2.24, 2.45) is 5.92 Å². The number of carbonyl (C=O) groups excluding carboxylic acids is 3. The molecule has 6 nitrogen and oxygen atoms in total. The van der Waals surface area contributed by atoms with Gasteiger partial charge in [-0.25, -0.2) is 8.78 Å². The SMILES string of the molecule is CCCNC(=O)C1CCCN(C(=O)CNC(=O)c2ccc(F)cc2F)C1. The summed E-state index contributed by atoms with van der Waals surface area (Å²) in [6.45, 7) is 3.07. The second-order valence-electron chi connectivity index (χ2n) is 6.28. The van der Waals surface area contributed by atoms with Crippen LogP contribution >= 0.6 is 0 Å². The molecular weight excluding hydrogens is 344 g/mol. The van der Waals surface area contributed by atoms with Gasteiger partial charge in [0.05, 0.1) is 18.0 Å². The van der Waals surface area contributed by atoms with Crippen molar-refractivity contribution < 1.29 is 23.2 Å². The van der Waals surface area contributed by atoms with E-state index in [2.05, 4.69) is 10.6 Å². The van der Waals surface area contributed by atoms with Gasteiger partial charge in [0, 0.05) is 25.7 Å². The van der Waals surface area contributed by atoms with E-state index < -0.39 is 17.5 Å². The van der Waals surface area contributed by atoms with Gasteiger partial charge in [-0.2, -0.15) is 0 Å². The molecule has 1 aromatic rings. The van der Waals surface area contributed by atoms with Crippen molar-refractivity contribution in [3.63, 3.8) is 0 Å². The minimum absolute atomic E-state index is 0.0678. The maximum absolute atomic E-state index is 13.6. The third-order valence-corrected chi connectivity index (χ3v) is 4.27. The Bertz CT molecular complexity index is 682. The molecule has 1 unspecified atom stereocenters. The summed E-state index contributed by atoms with van der Waals surface area (Å²) in [4.78, 5) is 37.8. The molecule has 142 valence electrons. The van der Waals surface area contributed by atoms with Gasteiger partial charge in [-0.05, 0) is 31.4 Å². The smallest absolute Gasteiger partial charge is 0.254 e. The van der Waals surface area contributed by atoms with E-state index in [9.17, 15) is 23.2 Å². The Labute approximate surface area is 150 Å². The lowest BCUT2D eigenvalue weighted by Gasteiger charge is -2.32. The van der Waals surface area contributed by atoms with Crippen LogP contribution in [0.1, 0.15) is 36.5 Å². The number of nitrogens with one attached hydrogen (secondary N) is 2. The summed E-state index contributed by atoms with van der Waals surface area (Å²) in [7, 11) is 0. The number of amides is 3. The molecule has 1 fully saturated rings. The van der Waals surface area contributed by atoms with E-state index in [1.807, 2.05) is 6.92 Å². The fourth-order valence-electron chi connectivity index (χ4n) is 2.85. The fraction of sp³-hybridized carbons (Fsp3) is 0.500. The molecule has 1 aliphatic heterocycles. The molecule has 0 bridgehead atoms. The third-order valence-electron chi connectivity index (χ3n) is 4.27.